The molecule has 2 aromatic carbocycles. The molecule has 8 heteroatoms. The number of hydrogen-bond acceptors (Lipinski definition) is 5. The molecule has 0 aliphatic rings. The summed E-state index contributed by atoms with van der Waals surface area (Å²) in [5.41, 5.74) is 12.5. The highest BCUT2D eigenvalue weighted by molar-refractivity contribution is 6.33. The molecule has 0 atom stereocenters. The van der Waals surface area contributed by atoms with Crippen molar-refractivity contribution in [2.45, 2.75) is 0 Å². The van der Waals surface area contributed by atoms with Crippen LogP contribution in [-0.4, -0.2) is 11.8 Å². The molecule has 126 valence electrons. The number of benzene rings is 2. The van der Waals surface area contributed by atoms with Gasteiger partial charge in [0.1, 0.15) is 11.6 Å². The first-order chi connectivity index (χ1) is 11.9. The van der Waals surface area contributed by atoms with Crippen LogP contribution in [0, 0.1) is 11.3 Å². The van der Waals surface area contributed by atoms with E-state index in [1.165, 1.54) is 24.3 Å². The third-order valence-electron chi connectivity index (χ3n) is 3.14. The molecule has 25 heavy (non-hydrogen) atoms. The van der Waals surface area contributed by atoms with Gasteiger partial charge >= 0.3 is 0 Å². The topological polar surface area (TPSA) is 134 Å². The van der Waals surface area contributed by atoms with Gasteiger partial charge in [0, 0.05) is 23.1 Å². The van der Waals surface area contributed by atoms with Crippen molar-refractivity contribution in [2.75, 3.05) is 16.8 Å². The van der Waals surface area contributed by atoms with Gasteiger partial charge in [0.25, 0.3) is 11.8 Å². The van der Waals surface area contributed by atoms with E-state index in [1.54, 1.807) is 24.3 Å². The largest absolute Gasteiger partial charge is 0.399 e. The maximum atomic E-state index is 12.1. The van der Waals surface area contributed by atoms with E-state index < -0.39 is 11.8 Å². The molecule has 0 aliphatic carbocycles. The summed E-state index contributed by atoms with van der Waals surface area (Å²) in [5, 5.41) is 14.3. The Morgan fingerprint density at radius 3 is 2.40 bits per heavy atom. The maximum Gasteiger partial charge on any atom is 0.267 e. The molecule has 0 saturated carbocycles. The SMILES string of the molecule is N#C/C(=C/NC(=O)c1ccc(N)cc1)C(=O)Nc1ccc(N)c(Cl)c1. The summed E-state index contributed by atoms with van der Waals surface area (Å²) in [6, 6.07) is 12.4. The number of carbonyl (C=O) groups is 2. The van der Waals surface area contributed by atoms with Crippen molar-refractivity contribution >= 4 is 40.5 Å². The second-order valence-electron chi connectivity index (χ2n) is 4.96. The fraction of sp³-hybridized carbons (Fsp3) is 0. The molecule has 6 N–H and O–H groups in total. The lowest BCUT2D eigenvalue weighted by molar-refractivity contribution is -0.112. The van der Waals surface area contributed by atoms with Crippen molar-refractivity contribution < 1.29 is 9.59 Å². The molecule has 0 aliphatic heterocycles. The Morgan fingerprint density at radius 1 is 1.12 bits per heavy atom. The minimum absolute atomic E-state index is 0.275. The minimum atomic E-state index is -0.694. The summed E-state index contributed by atoms with van der Waals surface area (Å²) in [6.45, 7) is 0. The number of anilines is 3. The van der Waals surface area contributed by atoms with Gasteiger partial charge in [0.15, 0.2) is 0 Å². The third kappa shape index (κ3) is 4.73. The lowest BCUT2D eigenvalue weighted by Crippen LogP contribution is -2.21. The molecular weight excluding hydrogens is 342 g/mol. The number of hydrogen-bond donors (Lipinski definition) is 4. The van der Waals surface area contributed by atoms with Crippen LogP contribution in [0.4, 0.5) is 17.1 Å². The molecule has 0 fully saturated rings. The summed E-state index contributed by atoms with van der Waals surface area (Å²) in [5.74, 6) is -1.17. The van der Waals surface area contributed by atoms with Crippen LogP contribution in [-0.2, 0) is 4.79 Å². The smallest absolute Gasteiger partial charge is 0.267 e. The molecule has 2 amide bonds. The van der Waals surface area contributed by atoms with Crippen molar-refractivity contribution in [3.8, 4) is 6.07 Å². The molecule has 7 nitrogen and oxygen atoms in total. The molecule has 0 radical (unpaired) electrons. The summed E-state index contributed by atoms with van der Waals surface area (Å²) in [6.07, 6.45) is 1.03. The van der Waals surface area contributed by atoms with Gasteiger partial charge < -0.3 is 22.1 Å². The van der Waals surface area contributed by atoms with Gasteiger partial charge in [0.2, 0.25) is 0 Å². The molecule has 0 bridgehead atoms. The Balaban J connectivity index is 2.07. The monoisotopic (exact) mass is 355 g/mol. The van der Waals surface area contributed by atoms with Gasteiger partial charge in [-0.2, -0.15) is 5.26 Å². The highest BCUT2D eigenvalue weighted by atomic mass is 35.5. The fourth-order valence-electron chi connectivity index (χ4n) is 1.81. The lowest BCUT2D eigenvalue weighted by Gasteiger charge is -2.06. The van der Waals surface area contributed by atoms with Crippen molar-refractivity contribution in [3.63, 3.8) is 0 Å². The van der Waals surface area contributed by atoms with Crippen molar-refractivity contribution in [2.24, 2.45) is 0 Å². The van der Waals surface area contributed by atoms with E-state index in [0.717, 1.165) is 6.20 Å². The van der Waals surface area contributed by atoms with Crippen molar-refractivity contribution in [1.82, 2.24) is 5.32 Å². The maximum absolute atomic E-state index is 12.1. The standard InChI is InChI=1S/C17H14ClN5O2/c18-14-7-13(5-6-15(14)21)23-17(25)11(8-19)9-22-16(24)10-1-3-12(20)4-2-10/h1-7,9H,20-21H2,(H,22,24)(H,23,25)/b11-9-. The van der Waals surface area contributed by atoms with E-state index in [1.807, 2.05) is 0 Å². The minimum Gasteiger partial charge on any atom is -0.399 e. The highest BCUT2D eigenvalue weighted by Gasteiger charge is 2.11. The molecule has 0 saturated heterocycles. The second-order valence-corrected chi connectivity index (χ2v) is 5.36. The second kappa shape index (κ2) is 7.86. The van der Waals surface area contributed by atoms with Gasteiger partial charge in [0.05, 0.1) is 10.7 Å². The van der Waals surface area contributed by atoms with E-state index in [2.05, 4.69) is 10.6 Å². The molecule has 0 spiro atoms. The fourth-order valence-corrected chi connectivity index (χ4v) is 1.99. The number of nitrogens with two attached hydrogens (primary N) is 2. The number of halogens is 1. The van der Waals surface area contributed by atoms with Crippen LogP contribution in [0.2, 0.25) is 5.02 Å². The molecule has 2 rings (SSSR count). The average molecular weight is 356 g/mol. The Bertz CT molecular complexity index is 885. The zero-order valence-electron chi connectivity index (χ0n) is 12.9. The molecular formula is C17H14ClN5O2. The first-order valence-electron chi connectivity index (χ1n) is 7.03. The number of nitrogens with one attached hydrogen (secondary N) is 2. The molecule has 2 aromatic rings. The Labute approximate surface area is 148 Å². The summed E-state index contributed by atoms with van der Waals surface area (Å²) < 4.78 is 0. The van der Waals surface area contributed by atoms with Crippen LogP contribution in [0.25, 0.3) is 0 Å². The number of carbonyl (C=O) groups excluding carboxylic acids is 2. The number of rotatable bonds is 4. The van der Waals surface area contributed by atoms with Gasteiger partial charge in [-0.05, 0) is 42.5 Å². The molecule has 0 unspecified atom stereocenters. The predicted molar refractivity (Wildman–Crippen MR) is 96.5 cm³/mol. The number of nitrogens with zero attached hydrogens (tertiary/aromatic N) is 1. The van der Waals surface area contributed by atoms with Gasteiger partial charge in [-0.3, -0.25) is 9.59 Å². The molecule has 0 heterocycles. The van der Waals surface area contributed by atoms with Crippen LogP contribution in [0.1, 0.15) is 10.4 Å². The van der Waals surface area contributed by atoms with Crippen LogP contribution in [0.15, 0.2) is 54.2 Å². The summed E-state index contributed by atoms with van der Waals surface area (Å²) in [7, 11) is 0. The zero-order valence-corrected chi connectivity index (χ0v) is 13.7. The number of nitriles is 1. The highest BCUT2D eigenvalue weighted by Crippen LogP contribution is 2.22. The number of amides is 2. The van der Waals surface area contributed by atoms with E-state index in [9.17, 15) is 9.59 Å². The number of nitrogen functional groups attached to an aromatic ring is 2. The third-order valence-corrected chi connectivity index (χ3v) is 3.47. The van der Waals surface area contributed by atoms with E-state index in [4.69, 9.17) is 28.3 Å². The van der Waals surface area contributed by atoms with Crippen LogP contribution >= 0.6 is 11.6 Å². The normalized spacial score (nSPS) is 10.6. The average Bonchev–Trinajstić information content (AvgIpc) is 2.59. The van der Waals surface area contributed by atoms with E-state index >= 15 is 0 Å². The van der Waals surface area contributed by atoms with E-state index in [0.29, 0.717) is 22.6 Å². The quantitative estimate of drug-likeness (QED) is 0.379. The van der Waals surface area contributed by atoms with E-state index in [-0.39, 0.29) is 10.6 Å². The Hall–Kier alpha value is -3.50. The van der Waals surface area contributed by atoms with Gasteiger partial charge in [-0.25, -0.2) is 0 Å². The van der Waals surface area contributed by atoms with Crippen LogP contribution in [0.3, 0.4) is 0 Å². The lowest BCUT2D eigenvalue weighted by atomic mass is 10.2. The summed E-state index contributed by atoms with van der Waals surface area (Å²) in [4.78, 5) is 24.1. The predicted octanol–water partition coefficient (Wildman–Crippen LogP) is 2.28. The Kier molecular flexibility index (Phi) is 5.61. The van der Waals surface area contributed by atoms with Gasteiger partial charge in [-0.1, -0.05) is 11.6 Å². The first kappa shape index (κ1) is 17.8. The van der Waals surface area contributed by atoms with Crippen LogP contribution < -0.4 is 22.1 Å². The first-order valence-corrected chi connectivity index (χ1v) is 7.41. The van der Waals surface area contributed by atoms with Crippen LogP contribution in [0.5, 0.6) is 0 Å². The molecule has 0 aromatic heterocycles. The summed E-state index contributed by atoms with van der Waals surface area (Å²) >= 11 is 5.87. The van der Waals surface area contributed by atoms with Crippen molar-refractivity contribution in [1.29, 1.82) is 5.26 Å². The van der Waals surface area contributed by atoms with Crippen molar-refractivity contribution in [3.05, 3.63) is 64.8 Å². The zero-order chi connectivity index (χ0) is 18.4. The Morgan fingerprint density at radius 2 is 1.80 bits per heavy atom. The van der Waals surface area contributed by atoms with Gasteiger partial charge in [-0.15, -0.1) is 0 Å².